The minimum atomic E-state index is 0.0753. The Balaban J connectivity index is 2.12. The number of rotatable bonds is 6. The second-order valence-electron chi connectivity index (χ2n) is 4.88. The summed E-state index contributed by atoms with van der Waals surface area (Å²) in [5.41, 5.74) is 7.42. The number of benzene rings is 1. The molecular weight excluding hydrogens is 226 g/mol. The highest BCUT2D eigenvalue weighted by Crippen LogP contribution is 2.41. The van der Waals surface area contributed by atoms with Crippen molar-refractivity contribution in [2.75, 3.05) is 26.4 Å². The van der Waals surface area contributed by atoms with Crippen LogP contribution in [-0.2, 0) is 10.2 Å². The molecule has 3 heteroatoms. The number of para-hydroxylation sites is 1. The van der Waals surface area contributed by atoms with Crippen LogP contribution in [0, 0.1) is 0 Å². The van der Waals surface area contributed by atoms with Gasteiger partial charge in [-0.2, -0.15) is 0 Å². The van der Waals surface area contributed by atoms with Crippen LogP contribution in [0.25, 0.3) is 0 Å². The first-order chi connectivity index (χ1) is 8.82. The van der Waals surface area contributed by atoms with Gasteiger partial charge in [-0.05, 0) is 32.3 Å². The van der Waals surface area contributed by atoms with Crippen LogP contribution in [0.15, 0.2) is 24.3 Å². The molecule has 0 bridgehead atoms. The lowest BCUT2D eigenvalue weighted by atomic mass is 9.73. The number of hydrogen-bond donors (Lipinski definition) is 1. The van der Waals surface area contributed by atoms with Gasteiger partial charge in [0.15, 0.2) is 0 Å². The summed E-state index contributed by atoms with van der Waals surface area (Å²) in [5, 5.41) is 0. The Labute approximate surface area is 109 Å². The maximum Gasteiger partial charge on any atom is 0.123 e. The van der Waals surface area contributed by atoms with Gasteiger partial charge in [0, 0.05) is 30.7 Å². The number of nitrogens with two attached hydrogens (primary N) is 1. The van der Waals surface area contributed by atoms with Crippen LogP contribution in [0.4, 0.5) is 0 Å². The van der Waals surface area contributed by atoms with E-state index in [0.717, 1.165) is 44.8 Å². The summed E-state index contributed by atoms with van der Waals surface area (Å²) in [6, 6.07) is 8.29. The first-order valence-electron chi connectivity index (χ1n) is 6.82. The molecule has 0 fully saturated rings. The van der Waals surface area contributed by atoms with E-state index in [4.69, 9.17) is 15.2 Å². The summed E-state index contributed by atoms with van der Waals surface area (Å²) in [5.74, 6) is 1.01. The Morgan fingerprint density at radius 3 is 3.00 bits per heavy atom. The van der Waals surface area contributed by atoms with Crippen molar-refractivity contribution in [2.45, 2.75) is 31.6 Å². The third-order valence-electron chi connectivity index (χ3n) is 3.84. The maximum absolute atomic E-state index is 6.07. The van der Waals surface area contributed by atoms with E-state index in [9.17, 15) is 0 Å². The van der Waals surface area contributed by atoms with Crippen molar-refractivity contribution in [3.8, 4) is 5.75 Å². The normalized spacial score (nSPS) is 22.3. The van der Waals surface area contributed by atoms with Gasteiger partial charge >= 0.3 is 0 Å². The molecule has 1 aromatic rings. The molecule has 1 heterocycles. The lowest BCUT2D eigenvalue weighted by molar-refractivity contribution is 0.130. The van der Waals surface area contributed by atoms with Crippen LogP contribution in [0.3, 0.4) is 0 Å². The van der Waals surface area contributed by atoms with Gasteiger partial charge in [0.25, 0.3) is 0 Å². The fourth-order valence-electron chi connectivity index (χ4n) is 2.75. The van der Waals surface area contributed by atoms with Gasteiger partial charge in [-0.15, -0.1) is 0 Å². The van der Waals surface area contributed by atoms with Crippen molar-refractivity contribution in [3.63, 3.8) is 0 Å². The zero-order valence-electron chi connectivity index (χ0n) is 11.2. The van der Waals surface area contributed by atoms with Crippen LogP contribution < -0.4 is 10.5 Å². The van der Waals surface area contributed by atoms with E-state index in [0.29, 0.717) is 6.54 Å². The lowest BCUT2D eigenvalue weighted by Gasteiger charge is -2.38. The first-order valence-corrected chi connectivity index (χ1v) is 6.82. The van der Waals surface area contributed by atoms with Crippen molar-refractivity contribution in [1.29, 1.82) is 0 Å². The molecule has 1 aliphatic heterocycles. The zero-order valence-corrected chi connectivity index (χ0v) is 11.2. The van der Waals surface area contributed by atoms with Crippen LogP contribution in [0.2, 0.25) is 0 Å². The molecular formula is C15H23NO2. The standard InChI is InChI=1S/C15H23NO2/c1-2-17-10-5-8-15(12-16)9-11-18-14-7-4-3-6-13(14)15/h3-4,6-7H,2,5,8-12,16H2,1H3. The molecule has 0 amide bonds. The van der Waals surface area contributed by atoms with Gasteiger partial charge in [-0.25, -0.2) is 0 Å². The van der Waals surface area contributed by atoms with E-state index >= 15 is 0 Å². The average Bonchev–Trinajstić information content (AvgIpc) is 2.44. The molecule has 3 nitrogen and oxygen atoms in total. The molecule has 18 heavy (non-hydrogen) atoms. The monoisotopic (exact) mass is 249 g/mol. The minimum Gasteiger partial charge on any atom is -0.493 e. The predicted octanol–water partition coefficient (Wildman–Crippen LogP) is 2.48. The highest BCUT2D eigenvalue weighted by molar-refractivity contribution is 5.41. The first kappa shape index (κ1) is 13.4. The molecule has 0 saturated carbocycles. The van der Waals surface area contributed by atoms with Gasteiger partial charge in [0.2, 0.25) is 0 Å². The van der Waals surface area contributed by atoms with E-state index < -0.39 is 0 Å². The number of ether oxygens (including phenoxy) is 2. The van der Waals surface area contributed by atoms with Crippen molar-refractivity contribution in [3.05, 3.63) is 29.8 Å². The summed E-state index contributed by atoms with van der Waals surface area (Å²) >= 11 is 0. The van der Waals surface area contributed by atoms with E-state index in [1.807, 2.05) is 19.1 Å². The van der Waals surface area contributed by atoms with Gasteiger partial charge in [-0.3, -0.25) is 0 Å². The quantitative estimate of drug-likeness (QED) is 0.788. The van der Waals surface area contributed by atoms with E-state index in [1.54, 1.807) is 0 Å². The van der Waals surface area contributed by atoms with E-state index in [1.165, 1.54) is 5.56 Å². The molecule has 2 N–H and O–H groups in total. The minimum absolute atomic E-state index is 0.0753. The Morgan fingerprint density at radius 2 is 2.22 bits per heavy atom. The molecule has 1 aromatic carbocycles. The molecule has 2 rings (SSSR count). The fraction of sp³-hybridized carbons (Fsp3) is 0.600. The zero-order chi connectivity index (χ0) is 12.8. The summed E-state index contributed by atoms with van der Waals surface area (Å²) in [6.07, 6.45) is 3.13. The van der Waals surface area contributed by atoms with Gasteiger partial charge < -0.3 is 15.2 Å². The molecule has 0 radical (unpaired) electrons. The molecule has 1 aliphatic rings. The fourth-order valence-corrected chi connectivity index (χ4v) is 2.75. The second kappa shape index (κ2) is 6.21. The van der Waals surface area contributed by atoms with Crippen molar-refractivity contribution >= 4 is 0 Å². The van der Waals surface area contributed by atoms with Gasteiger partial charge in [0.1, 0.15) is 5.75 Å². The van der Waals surface area contributed by atoms with Crippen molar-refractivity contribution < 1.29 is 9.47 Å². The Hall–Kier alpha value is -1.06. The van der Waals surface area contributed by atoms with Gasteiger partial charge in [-0.1, -0.05) is 18.2 Å². The largest absolute Gasteiger partial charge is 0.493 e. The third-order valence-corrected chi connectivity index (χ3v) is 3.84. The van der Waals surface area contributed by atoms with Crippen molar-refractivity contribution in [2.24, 2.45) is 5.73 Å². The summed E-state index contributed by atoms with van der Waals surface area (Å²) < 4.78 is 11.2. The SMILES string of the molecule is CCOCCCC1(CN)CCOc2ccccc21. The molecule has 100 valence electrons. The Bertz CT molecular complexity index is 381. The lowest BCUT2D eigenvalue weighted by Crippen LogP contribution is -2.40. The molecule has 0 aromatic heterocycles. The summed E-state index contributed by atoms with van der Waals surface area (Å²) in [7, 11) is 0. The smallest absolute Gasteiger partial charge is 0.123 e. The topological polar surface area (TPSA) is 44.5 Å². The van der Waals surface area contributed by atoms with Crippen molar-refractivity contribution in [1.82, 2.24) is 0 Å². The van der Waals surface area contributed by atoms with Crippen LogP contribution >= 0.6 is 0 Å². The average molecular weight is 249 g/mol. The predicted molar refractivity (Wildman–Crippen MR) is 73.0 cm³/mol. The summed E-state index contributed by atoms with van der Waals surface area (Å²) in [4.78, 5) is 0. The summed E-state index contributed by atoms with van der Waals surface area (Å²) in [6.45, 7) is 5.08. The highest BCUT2D eigenvalue weighted by Gasteiger charge is 2.35. The molecule has 0 saturated heterocycles. The second-order valence-corrected chi connectivity index (χ2v) is 4.88. The van der Waals surface area contributed by atoms with Crippen LogP contribution in [-0.4, -0.2) is 26.4 Å². The number of fused-ring (bicyclic) bond motifs is 1. The third kappa shape index (κ3) is 2.68. The number of hydrogen-bond acceptors (Lipinski definition) is 3. The molecule has 1 atom stereocenters. The van der Waals surface area contributed by atoms with E-state index in [2.05, 4.69) is 12.1 Å². The molecule has 0 spiro atoms. The maximum atomic E-state index is 6.07. The molecule has 1 unspecified atom stereocenters. The van der Waals surface area contributed by atoms with E-state index in [-0.39, 0.29) is 5.41 Å². The Morgan fingerprint density at radius 1 is 1.39 bits per heavy atom. The highest BCUT2D eigenvalue weighted by atomic mass is 16.5. The Kier molecular flexibility index (Phi) is 4.61. The molecule has 0 aliphatic carbocycles. The van der Waals surface area contributed by atoms with Gasteiger partial charge in [0.05, 0.1) is 6.61 Å². The van der Waals surface area contributed by atoms with Crippen LogP contribution in [0.1, 0.15) is 31.7 Å². The van der Waals surface area contributed by atoms with Crippen LogP contribution in [0.5, 0.6) is 5.75 Å².